The number of aliphatic hydroxyl groups is 1. The highest BCUT2D eigenvalue weighted by Crippen LogP contribution is 2.45. The maximum Gasteiger partial charge on any atom is 0.0678 e. The van der Waals surface area contributed by atoms with Crippen molar-refractivity contribution in [3.63, 3.8) is 0 Å². The lowest BCUT2D eigenvalue weighted by Gasteiger charge is -2.20. The van der Waals surface area contributed by atoms with Crippen LogP contribution in [0.1, 0.15) is 36.3 Å². The first-order valence-corrected chi connectivity index (χ1v) is 9.99. The molecule has 2 nitrogen and oxygen atoms in total. The molecule has 3 rings (SSSR count). The van der Waals surface area contributed by atoms with Gasteiger partial charge < -0.3 is 10.0 Å². The van der Waals surface area contributed by atoms with Crippen LogP contribution in [0.3, 0.4) is 0 Å². The SMILES string of the molecule is CN(C)CC[C@@H](O)CC[C@H]1Cc2ccsc2Sc2ccccc21. The molecule has 23 heavy (non-hydrogen) atoms. The minimum absolute atomic E-state index is 0.192. The molecule has 1 aromatic carbocycles. The van der Waals surface area contributed by atoms with Gasteiger partial charge in [-0.2, -0.15) is 0 Å². The Labute approximate surface area is 147 Å². The molecule has 2 atom stereocenters. The fraction of sp³-hybridized carbons (Fsp3) is 0.474. The first-order chi connectivity index (χ1) is 11.1. The van der Waals surface area contributed by atoms with Crippen LogP contribution in [0.4, 0.5) is 0 Å². The summed E-state index contributed by atoms with van der Waals surface area (Å²) in [5.74, 6) is 0.517. The van der Waals surface area contributed by atoms with Gasteiger partial charge in [-0.05, 0) is 80.9 Å². The lowest BCUT2D eigenvalue weighted by atomic mass is 9.88. The van der Waals surface area contributed by atoms with Crippen LogP contribution in [-0.4, -0.2) is 36.8 Å². The number of benzene rings is 1. The minimum atomic E-state index is -0.192. The van der Waals surface area contributed by atoms with Crippen molar-refractivity contribution in [3.05, 3.63) is 46.8 Å². The highest BCUT2D eigenvalue weighted by atomic mass is 32.2. The maximum absolute atomic E-state index is 10.3. The van der Waals surface area contributed by atoms with Gasteiger partial charge in [0.15, 0.2) is 0 Å². The van der Waals surface area contributed by atoms with Crippen molar-refractivity contribution in [2.45, 2.75) is 46.8 Å². The molecule has 0 saturated carbocycles. The summed E-state index contributed by atoms with van der Waals surface area (Å²) in [7, 11) is 4.12. The van der Waals surface area contributed by atoms with Crippen LogP contribution in [-0.2, 0) is 6.42 Å². The molecule has 0 bridgehead atoms. The smallest absolute Gasteiger partial charge is 0.0678 e. The predicted octanol–water partition coefficient (Wildman–Crippen LogP) is 4.63. The average molecular weight is 348 g/mol. The number of thiophene rings is 1. The molecule has 0 spiro atoms. The number of rotatable bonds is 6. The molecule has 0 saturated heterocycles. The van der Waals surface area contributed by atoms with E-state index < -0.39 is 0 Å². The number of fused-ring (bicyclic) bond motifs is 2. The lowest BCUT2D eigenvalue weighted by Crippen LogP contribution is -2.20. The third-order valence-corrected chi connectivity index (χ3v) is 6.82. The van der Waals surface area contributed by atoms with Crippen LogP contribution in [0.5, 0.6) is 0 Å². The lowest BCUT2D eigenvalue weighted by molar-refractivity contribution is 0.137. The molecule has 1 aliphatic rings. The third-order valence-electron chi connectivity index (χ3n) is 4.49. The molecular formula is C19H25NOS2. The quantitative estimate of drug-likeness (QED) is 0.824. The molecule has 2 aromatic rings. The fourth-order valence-electron chi connectivity index (χ4n) is 3.15. The van der Waals surface area contributed by atoms with Crippen LogP contribution < -0.4 is 0 Å². The van der Waals surface area contributed by atoms with Crippen molar-refractivity contribution in [1.82, 2.24) is 4.90 Å². The largest absolute Gasteiger partial charge is 0.393 e. The standard InChI is InChI=1S/C19H25NOS2/c1-20(2)11-9-16(21)8-7-14-13-15-10-12-22-19(15)23-18-6-4-3-5-17(14)18/h3-6,10,12,14,16,21H,7-9,11,13H2,1-2H3/t14-,16-/m0/s1. The number of aliphatic hydroxyl groups excluding tert-OH is 1. The van der Waals surface area contributed by atoms with Crippen molar-refractivity contribution in [2.75, 3.05) is 20.6 Å². The molecule has 0 fully saturated rings. The van der Waals surface area contributed by atoms with Crippen molar-refractivity contribution in [2.24, 2.45) is 0 Å². The van der Waals surface area contributed by atoms with E-state index in [1.165, 1.54) is 20.2 Å². The van der Waals surface area contributed by atoms with Gasteiger partial charge in [-0.1, -0.05) is 30.0 Å². The second-order valence-electron chi connectivity index (χ2n) is 6.60. The number of hydrogen-bond acceptors (Lipinski definition) is 4. The van der Waals surface area contributed by atoms with Gasteiger partial charge in [0.1, 0.15) is 0 Å². The second-order valence-corrected chi connectivity index (χ2v) is 8.82. The Bertz CT molecular complexity index is 638. The highest BCUT2D eigenvalue weighted by molar-refractivity contribution is 8.01. The summed E-state index contributed by atoms with van der Waals surface area (Å²) in [5.41, 5.74) is 2.93. The molecule has 124 valence electrons. The average Bonchev–Trinajstić information content (AvgIpc) is 2.91. The van der Waals surface area contributed by atoms with Crippen LogP contribution in [0, 0.1) is 0 Å². The van der Waals surface area contributed by atoms with E-state index in [1.807, 2.05) is 23.1 Å². The first-order valence-electron chi connectivity index (χ1n) is 8.29. The monoisotopic (exact) mass is 347 g/mol. The summed E-state index contributed by atoms with van der Waals surface area (Å²) < 4.78 is 1.44. The van der Waals surface area contributed by atoms with Gasteiger partial charge in [-0.3, -0.25) is 0 Å². The van der Waals surface area contributed by atoms with E-state index in [0.717, 1.165) is 32.2 Å². The topological polar surface area (TPSA) is 23.5 Å². The van der Waals surface area contributed by atoms with E-state index in [-0.39, 0.29) is 6.10 Å². The molecule has 1 aliphatic heterocycles. The Kier molecular flexibility index (Phi) is 5.81. The summed E-state index contributed by atoms with van der Waals surface area (Å²) in [6, 6.07) is 11.1. The Morgan fingerprint density at radius 3 is 2.87 bits per heavy atom. The van der Waals surface area contributed by atoms with Gasteiger partial charge in [-0.25, -0.2) is 0 Å². The van der Waals surface area contributed by atoms with E-state index in [4.69, 9.17) is 0 Å². The van der Waals surface area contributed by atoms with Crippen LogP contribution in [0.2, 0.25) is 0 Å². The number of nitrogens with zero attached hydrogens (tertiary/aromatic N) is 1. The zero-order chi connectivity index (χ0) is 16.2. The molecule has 1 N–H and O–H groups in total. The second kappa shape index (κ2) is 7.84. The molecule has 0 unspecified atom stereocenters. The third kappa shape index (κ3) is 4.38. The Morgan fingerprint density at radius 2 is 2.04 bits per heavy atom. The van der Waals surface area contributed by atoms with Crippen LogP contribution in [0.25, 0.3) is 0 Å². The molecular weight excluding hydrogens is 322 g/mol. The summed E-state index contributed by atoms with van der Waals surface area (Å²) in [4.78, 5) is 3.53. The van der Waals surface area contributed by atoms with Gasteiger partial charge in [-0.15, -0.1) is 11.3 Å². The van der Waals surface area contributed by atoms with Gasteiger partial charge in [0.2, 0.25) is 0 Å². The van der Waals surface area contributed by atoms with Crippen molar-refractivity contribution >= 4 is 23.1 Å². The molecule has 2 heterocycles. The maximum atomic E-state index is 10.3. The summed E-state index contributed by atoms with van der Waals surface area (Å²) in [6.07, 6.45) is 3.71. The number of hydrogen-bond donors (Lipinski definition) is 1. The molecule has 4 heteroatoms. The summed E-state index contributed by atoms with van der Waals surface area (Å²) in [5, 5.41) is 12.5. The van der Waals surface area contributed by atoms with E-state index in [0.29, 0.717) is 5.92 Å². The fourth-order valence-corrected chi connectivity index (χ4v) is 5.42. The highest BCUT2D eigenvalue weighted by Gasteiger charge is 2.23. The molecule has 0 aliphatic carbocycles. The summed E-state index contributed by atoms with van der Waals surface area (Å²) in [6.45, 7) is 0.951. The predicted molar refractivity (Wildman–Crippen MR) is 99.7 cm³/mol. The molecule has 0 radical (unpaired) electrons. The van der Waals surface area contributed by atoms with Gasteiger partial charge in [0, 0.05) is 4.90 Å². The Morgan fingerprint density at radius 1 is 1.22 bits per heavy atom. The van der Waals surface area contributed by atoms with E-state index in [9.17, 15) is 5.11 Å². The van der Waals surface area contributed by atoms with Gasteiger partial charge in [0.05, 0.1) is 10.3 Å². The molecule has 0 amide bonds. The molecule has 1 aromatic heterocycles. The Balaban J connectivity index is 1.71. The zero-order valence-electron chi connectivity index (χ0n) is 13.9. The van der Waals surface area contributed by atoms with Crippen molar-refractivity contribution in [1.29, 1.82) is 0 Å². The zero-order valence-corrected chi connectivity index (χ0v) is 15.5. The van der Waals surface area contributed by atoms with Gasteiger partial charge in [0.25, 0.3) is 0 Å². The van der Waals surface area contributed by atoms with E-state index in [1.54, 1.807) is 0 Å². The van der Waals surface area contributed by atoms with E-state index in [2.05, 4.69) is 54.7 Å². The Hall–Kier alpha value is -0.810. The van der Waals surface area contributed by atoms with Crippen molar-refractivity contribution < 1.29 is 5.11 Å². The summed E-state index contributed by atoms with van der Waals surface area (Å²) >= 11 is 3.76. The van der Waals surface area contributed by atoms with E-state index >= 15 is 0 Å². The first kappa shape index (κ1) is 17.0. The normalized spacial score (nSPS) is 18.3. The van der Waals surface area contributed by atoms with Crippen molar-refractivity contribution in [3.8, 4) is 0 Å². The van der Waals surface area contributed by atoms with Gasteiger partial charge >= 0.3 is 0 Å². The van der Waals surface area contributed by atoms with Crippen LogP contribution >= 0.6 is 23.1 Å². The minimum Gasteiger partial charge on any atom is -0.393 e. The van der Waals surface area contributed by atoms with Crippen LogP contribution in [0.15, 0.2) is 44.8 Å².